The van der Waals surface area contributed by atoms with Gasteiger partial charge in [-0.05, 0) is 25.7 Å². The Morgan fingerprint density at radius 1 is 0.800 bits per heavy atom. The van der Waals surface area contributed by atoms with Gasteiger partial charge in [0.15, 0.2) is 0 Å². The maximum absolute atomic E-state index is 10.3. The number of hydrogen-bond donors (Lipinski definition) is 1. The van der Waals surface area contributed by atoms with Gasteiger partial charge in [-0.2, -0.15) is 0 Å². The van der Waals surface area contributed by atoms with Crippen molar-refractivity contribution in [1.29, 1.82) is 0 Å². The summed E-state index contributed by atoms with van der Waals surface area (Å²) < 4.78 is 0. The third-order valence-electron chi connectivity index (χ3n) is 3.07. The molecule has 0 aromatic rings. The monoisotopic (exact) mass is 278 g/mol. The topological polar surface area (TPSA) is 37.3 Å². The Morgan fingerprint density at radius 3 is 1.95 bits per heavy atom. The lowest BCUT2D eigenvalue weighted by Gasteiger charge is -1.99. The van der Waals surface area contributed by atoms with Crippen LogP contribution in [0.5, 0.6) is 0 Å². The molecule has 0 spiro atoms. The molecule has 2 nitrogen and oxygen atoms in total. The van der Waals surface area contributed by atoms with Crippen molar-refractivity contribution in [3.8, 4) is 0 Å². The minimum absolute atomic E-state index is 0.321. The van der Waals surface area contributed by atoms with Crippen molar-refractivity contribution in [2.45, 2.75) is 71.1 Å². The zero-order chi connectivity index (χ0) is 14.9. The fourth-order valence-corrected chi connectivity index (χ4v) is 1.89. The Morgan fingerprint density at radius 2 is 1.35 bits per heavy atom. The summed E-state index contributed by atoms with van der Waals surface area (Å²) >= 11 is 0. The highest BCUT2D eigenvalue weighted by Gasteiger charge is 1.95. The normalized spacial score (nSPS) is 12.1. The first kappa shape index (κ1) is 18.7. The number of carboxylic acid groups (broad SMARTS) is 1. The van der Waals surface area contributed by atoms with Crippen LogP contribution in [0.25, 0.3) is 0 Å². The van der Waals surface area contributed by atoms with Crippen molar-refractivity contribution in [3.05, 3.63) is 36.5 Å². The van der Waals surface area contributed by atoms with Crippen molar-refractivity contribution >= 4 is 5.97 Å². The maximum Gasteiger partial charge on any atom is 0.303 e. The van der Waals surface area contributed by atoms with E-state index in [1.165, 1.54) is 32.1 Å². The van der Waals surface area contributed by atoms with Gasteiger partial charge in [0, 0.05) is 6.42 Å². The minimum atomic E-state index is -0.673. The van der Waals surface area contributed by atoms with Crippen molar-refractivity contribution < 1.29 is 9.90 Å². The van der Waals surface area contributed by atoms with Crippen molar-refractivity contribution in [2.75, 3.05) is 0 Å². The van der Waals surface area contributed by atoms with E-state index >= 15 is 0 Å². The summed E-state index contributed by atoms with van der Waals surface area (Å²) in [5.41, 5.74) is 0. The highest BCUT2D eigenvalue weighted by molar-refractivity contribution is 5.66. The van der Waals surface area contributed by atoms with E-state index in [-0.39, 0.29) is 0 Å². The van der Waals surface area contributed by atoms with Crippen LogP contribution < -0.4 is 0 Å². The lowest BCUT2D eigenvalue weighted by molar-refractivity contribution is -0.137. The van der Waals surface area contributed by atoms with Gasteiger partial charge in [0.1, 0.15) is 0 Å². The molecule has 1 N–H and O–H groups in total. The number of hydrogen-bond acceptors (Lipinski definition) is 1. The lowest BCUT2D eigenvalue weighted by Crippen LogP contribution is -1.93. The molecule has 0 aliphatic rings. The number of carboxylic acids is 1. The van der Waals surface area contributed by atoms with Crippen molar-refractivity contribution in [3.63, 3.8) is 0 Å². The number of carbonyl (C=O) groups is 1. The molecule has 0 unspecified atom stereocenters. The Hall–Kier alpha value is -1.31. The quantitative estimate of drug-likeness (QED) is 0.348. The van der Waals surface area contributed by atoms with E-state index in [2.05, 4.69) is 43.4 Å². The molecule has 0 aliphatic heterocycles. The smallest absolute Gasteiger partial charge is 0.303 e. The Kier molecular flexibility index (Phi) is 14.7. The Labute approximate surface area is 124 Å². The van der Waals surface area contributed by atoms with Gasteiger partial charge in [-0.25, -0.2) is 0 Å². The first-order valence-corrected chi connectivity index (χ1v) is 7.97. The van der Waals surface area contributed by atoms with E-state index in [1.54, 1.807) is 0 Å². The fraction of sp³-hybridized carbons (Fsp3) is 0.611. The molecular weight excluding hydrogens is 248 g/mol. The van der Waals surface area contributed by atoms with Crippen LogP contribution in [0.4, 0.5) is 0 Å². The van der Waals surface area contributed by atoms with Crippen molar-refractivity contribution in [2.24, 2.45) is 0 Å². The Bertz CT molecular complexity index is 301. The summed E-state index contributed by atoms with van der Waals surface area (Å²) in [6, 6.07) is 0. The highest BCUT2D eigenvalue weighted by Crippen LogP contribution is 2.08. The molecule has 0 rings (SSSR count). The molecule has 0 aromatic carbocycles. The predicted octanol–water partition coefficient (Wildman–Crippen LogP) is 5.66. The van der Waals surface area contributed by atoms with Gasteiger partial charge < -0.3 is 5.11 Å². The number of unbranched alkanes of at least 4 members (excludes halogenated alkanes) is 7. The molecule has 0 amide bonds. The number of allylic oxidation sites excluding steroid dienone is 6. The molecule has 0 bridgehead atoms. The van der Waals surface area contributed by atoms with Crippen LogP contribution in [0, 0.1) is 0 Å². The van der Waals surface area contributed by atoms with Crippen LogP contribution in [-0.4, -0.2) is 11.1 Å². The second kappa shape index (κ2) is 15.7. The second-order valence-electron chi connectivity index (χ2n) is 5.08. The first-order valence-electron chi connectivity index (χ1n) is 7.97. The van der Waals surface area contributed by atoms with E-state index in [0.29, 0.717) is 6.42 Å². The van der Waals surface area contributed by atoms with Crippen LogP contribution >= 0.6 is 0 Å². The van der Waals surface area contributed by atoms with Gasteiger partial charge in [0.25, 0.3) is 0 Å². The largest absolute Gasteiger partial charge is 0.481 e. The van der Waals surface area contributed by atoms with E-state index in [1.807, 2.05) is 0 Å². The average molecular weight is 278 g/mol. The maximum atomic E-state index is 10.3. The third kappa shape index (κ3) is 16.7. The van der Waals surface area contributed by atoms with E-state index in [9.17, 15) is 4.79 Å². The summed E-state index contributed by atoms with van der Waals surface area (Å²) in [6.45, 7) is 2.18. The molecule has 0 saturated carbocycles. The van der Waals surface area contributed by atoms with Crippen LogP contribution in [0.1, 0.15) is 71.1 Å². The molecule has 0 atom stereocenters. The van der Waals surface area contributed by atoms with Crippen molar-refractivity contribution in [1.82, 2.24) is 0 Å². The lowest BCUT2D eigenvalue weighted by atomic mass is 10.1. The van der Waals surface area contributed by atoms with Crippen LogP contribution in [0.15, 0.2) is 36.5 Å². The molecule has 0 heterocycles. The molecular formula is C18H30O2. The minimum Gasteiger partial charge on any atom is -0.481 e. The summed E-state index contributed by atoms with van der Waals surface area (Å²) in [5.74, 6) is -0.673. The third-order valence-corrected chi connectivity index (χ3v) is 3.07. The average Bonchev–Trinajstić information content (AvgIpc) is 2.43. The molecule has 0 fully saturated rings. The first-order chi connectivity index (χ1) is 9.77. The van der Waals surface area contributed by atoms with E-state index in [0.717, 1.165) is 25.7 Å². The molecule has 2 heteroatoms. The summed E-state index contributed by atoms with van der Waals surface area (Å²) in [7, 11) is 0. The molecule has 20 heavy (non-hydrogen) atoms. The van der Waals surface area contributed by atoms with Crippen LogP contribution in [-0.2, 0) is 4.79 Å². The second-order valence-corrected chi connectivity index (χ2v) is 5.08. The van der Waals surface area contributed by atoms with E-state index in [4.69, 9.17) is 5.11 Å². The van der Waals surface area contributed by atoms with Gasteiger partial charge in [-0.3, -0.25) is 4.79 Å². The SMILES string of the molecule is CCC/C=C/C=C/C=C\CCCCCCCCC(=O)O. The Balaban J connectivity index is 3.25. The van der Waals surface area contributed by atoms with Crippen LogP contribution in [0.2, 0.25) is 0 Å². The molecule has 0 aromatic heterocycles. The van der Waals surface area contributed by atoms with Gasteiger partial charge >= 0.3 is 5.97 Å². The summed E-state index contributed by atoms with van der Waals surface area (Å²) in [4.78, 5) is 10.3. The molecule has 114 valence electrons. The molecule has 0 aliphatic carbocycles. The standard InChI is InChI=1S/C18H30O2/c1-2-3-4-5-6-7-8-9-10-11-12-13-14-15-16-17-18(19)20/h4-9H,2-3,10-17H2,1H3,(H,19,20)/b5-4+,7-6+,9-8-. The van der Waals surface area contributed by atoms with E-state index < -0.39 is 5.97 Å². The number of rotatable bonds is 13. The van der Waals surface area contributed by atoms with Gasteiger partial charge in [-0.1, -0.05) is 75.5 Å². The number of aliphatic carboxylic acids is 1. The summed E-state index contributed by atoms with van der Waals surface area (Å²) in [6.07, 6.45) is 23.3. The van der Waals surface area contributed by atoms with Gasteiger partial charge in [0.2, 0.25) is 0 Å². The predicted molar refractivity (Wildman–Crippen MR) is 86.9 cm³/mol. The molecule has 0 saturated heterocycles. The fourth-order valence-electron chi connectivity index (χ4n) is 1.89. The summed E-state index contributed by atoms with van der Waals surface area (Å²) in [5, 5.41) is 8.50. The van der Waals surface area contributed by atoms with Gasteiger partial charge in [-0.15, -0.1) is 0 Å². The highest BCUT2D eigenvalue weighted by atomic mass is 16.4. The zero-order valence-corrected chi connectivity index (χ0v) is 12.9. The zero-order valence-electron chi connectivity index (χ0n) is 12.9. The molecule has 0 radical (unpaired) electrons. The van der Waals surface area contributed by atoms with Crippen LogP contribution in [0.3, 0.4) is 0 Å². The van der Waals surface area contributed by atoms with Gasteiger partial charge in [0.05, 0.1) is 0 Å².